The van der Waals surface area contributed by atoms with Crippen LogP contribution in [-0.2, 0) is 4.79 Å². The standard InChI is InChI=1S/C12H26N4O/c1-11(2)9-16(8-7-15(11)4)6-5-12(3,14)10(13)17/h5-9,14H2,1-4H3,(H2,13,17). The molecule has 5 nitrogen and oxygen atoms in total. The SMILES string of the molecule is CN1CCN(CCC(C)(N)C(N)=O)CC1(C)C. The molecule has 1 rings (SSSR count). The first-order valence-corrected chi connectivity index (χ1v) is 6.17. The molecule has 0 saturated carbocycles. The summed E-state index contributed by atoms with van der Waals surface area (Å²) in [4.78, 5) is 15.9. The third kappa shape index (κ3) is 3.66. The van der Waals surface area contributed by atoms with Crippen molar-refractivity contribution in [2.75, 3.05) is 33.2 Å². The highest BCUT2D eigenvalue weighted by atomic mass is 16.1. The predicted octanol–water partition coefficient (Wildman–Crippen LogP) is -0.395. The molecule has 1 fully saturated rings. The first-order valence-electron chi connectivity index (χ1n) is 6.17. The van der Waals surface area contributed by atoms with Gasteiger partial charge in [0.05, 0.1) is 5.54 Å². The van der Waals surface area contributed by atoms with Crippen LogP contribution in [-0.4, -0.2) is 60.0 Å². The molecule has 100 valence electrons. The molecule has 0 aromatic heterocycles. The first kappa shape index (κ1) is 14.4. The van der Waals surface area contributed by atoms with Crippen molar-refractivity contribution < 1.29 is 4.79 Å². The molecule has 17 heavy (non-hydrogen) atoms. The van der Waals surface area contributed by atoms with E-state index >= 15 is 0 Å². The highest BCUT2D eigenvalue weighted by molar-refractivity contribution is 5.83. The summed E-state index contributed by atoms with van der Waals surface area (Å²) in [6, 6.07) is 0. The second-order valence-electron chi connectivity index (χ2n) is 6.04. The van der Waals surface area contributed by atoms with Gasteiger partial charge in [0.2, 0.25) is 5.91 Å². The third-order valence-electron chi connectivity index (χ3n) is 3.91. The van der Waals surface area contributed by atoms with Gasteiger partial charge < -0.3 is 16.4 Å². The van der Waals surface area contributed by atoms with Crippen LogP contribution in [0.15, 0.2) is 0 Å². The molecule has 0 aromatic rings. The highest BCUT2D eigenvalue weighted by Gasteiger charge is 2.32. The Kier molecular flexibility index (Phi) is 4.17. The van der Waals surface area contributed by atoms with E-state index in [2.05, 4.69) is 30.7 Å². The third-order valence-corrected chi connectivity index (χ3v) is 3.91. The maximum atomic E-state index is 11.1. The maximum Gasteiger partial charge on any atom is 0.237 e. The van der Waals surface area contributed by atoms with E-state index in [1.807, 2.05) is 0 Å². The zero-order valence-corrected chi connectivity index (χ0v) is 11.5. The fourth-order valence-corrected chi connectivity index (χ4v) is 2.05. The van der Waals surface area contributed by atoms with Gasteiger partial charge in [0.25, 0.3) is 0 Å². The average Bonchev–Trinajstić information content (AvgIpc) is 2.19. The van der Waals surface area contributed by atoms with Crippen LogP contribution >= 0.6 is 0 Å². The van der Waals surface area contributed by atoms with E-state index in [4.69, 9.17) is 11.5 Å². The number of piperazine rings is 1. The van der Waals surface area contributed by atoms with Crippen LogP contribution in [0.25, 0.3) is 0 Å². The van der Waals surface area contributed by atoms with Crippen molar-refractivity contribution in [3.05, 3.63) is 0 Å². The summed E-state index contributed by atoms with van der Waals surface area (Å²) in [5.41, 5.74) is 10.4. The highest BCUT2D eigenvalue weighted by Crippen LogP contribution is 2.19. The lowest BCUT2D eigenvalue weighted by molar-refractivity contribution is -0.123. The summed E-state index contributed by atoms with van der Waals surface area (Å²) in [5.74, 6) is -0.425. The van der Waals surface area contributed by atoms with Crippen molar-refractivity contribution in [3.8, 4) is 0 Å². The van der Waals surface area contributed by atoms with Gasteiger partial charge in [0.1, 0.15) is 0 Å². The fraction of sp³-hybridized carbons (Fsp3) is 0.917. The van der Waals surface area contributed by atoms with Crippen LogP contribution in [0.5, 0.6) is 0 Å². The number of amides is 1. The van der Waals surface area contributed by atoms with Gasteiger partial charge in [-0.15, -0.1) is 0 Å². The van der Waals surface area contributed by atoms with Gasteiger partial charge >= 0.3 is 0 Å². The minimum absolute atomic E-state index is 0.177. The number of carbonyl (C=O) groups is 1. The van der Waals surface area contributed by atoms with Gasteiger partial charge in [-0.25, -0.2) is 0 Å². The Labute approximate surface area is 104 Å². The van der Waals surface area contributed by atoms with E-state index < -0.39 is 11.4 Å². The number of primary amides is 1. The van der Waals surface area contributed by atoms with Gasteiger partial charge in [-0.1, -0.05) is 0 Å². The minimum atomic E-state index is -0.895. The molecule has 0 spiro atoms. The van der Waals surface area contributed by atoms with Crippen LogP contribution in [0.2, 0.25) is 0 Å². The summed E-state index contributed by atoms with van der Waals surface area (Å²) in [6.07, 6.45) is 0.613. The molecule has 1 atom stereocenters. The van der Waals surface area contributed by atoms with Gasteiger partial charge in [-0.05, 0) is 34.2 Å². The Hall–Kier alpha value is -0.650. The quantitative estimate of drug-likeness (QED) is 0.704. The zero-order valence-electron chi connectivity index (χ0n) is 11.5. The molecule has 1 saturated heterocycles. The lowest BCUT2D eigenvalue weighted by Gasteiger charge is -2.45. The van der Waals surface area contributed by atoms with Crippen molar-refractivity contribution >= 4 is 5.91 Å². The average molecular weight is 242 g/mol. The summed E-state index contributed by atoms with van der Waals surface area (Å²) in [5, 5.41) is 0. The van der Waals surface area contributed by atoms with Gasteiger partial charge in [-0.2, -0.15) is 0 Å². The van der Waals surface area contributed by atoms with E-state index in [0.29, 0.717) is 6.42 Å². The van der Waals surface area contributed by atoms with Crippen molar-refractivity contribution in [2.24, 2.45) is 11.5 Å². The number of nitrogens with zero attached hydrogens (tertiary/aromatic N) is 2. The molecule has 1 aliphatic rings. The van der Waals surface area contributed by atoms with Crippen LogP contribution in [0.1, 0.15) is 27.2 Å². The number of likely N-dealkylation sites (N-methyl/N-ethyl adjacent to an activating group) is 1. The molecule has 5 heteroatoms. The van der Waals surface area contributed by atoms with E-state index in [1.165, 1.54) is 0 Å². The first-order chi connectivity index (χ1) is 7.65. The zero-order chi connectivity index (χ0) is 13.3. The van der Waals surface area contributed by atoms with Crippen LogP contribution in [0, 0.1) is 0 Å². The molecular formula is C12H26N4O. The molecule has 1 aliphatic heterocycles. The topological polar surface area (TPSA) is 75.6 Å². The van der Waals surface area contributed by atoms with Crippen molar-refractivity contribution in [3.63, 3.8) is 0 Å². The molecule has 0 aromatic carbocycles. The van der Waals surface area contributed by atoms with E-state index in [1.54, 1.807) is 6.92 Å². The molecule has 1 heterocycles. The summed E-state index contributed by atoms with van der Waals surface area (Å²) in [7, 11) is 2.15. The minimum Gasteiger partial charge on any atom is -0.368 e. The smallest absolute Gasteiger partial charge is 0.237 e. The van der Waals surface area contributed by atoms with Gasteiger partial charge in [0, 0.05) is 31.7 Å². The van der Waals surface area contributed by atoms with Crippen molar-refractivity contribution in [1.29, 1.82) is 0 Å². The second-order valence-corrected chi connectivity index (χ2v) is 6.04. The Bertz CT molecular complexity index is 288. The molecule has 1 amide bonds. The predicted molar refractivity (Wildman–Crippen MR) is 69.6 cm³/mol. The number of hydrogen-bond acceptors (Lipinski definition) is 4. The summed E-state index contributed by atoms with van der Waals surface area (Å²) < 4.78 is 0. The molecular weight excluding hydrogens is 216 g/mol. The molecule has 0 aliphatic carbocycles. The van der Waals surface area contributed by atoms with Gasteiger partial charge in [-0.3, -0.25) is 9.69 Å². The monoisotopic (exact) mass is 242 g/mol. The number of carbonyl (C=O) groups excluding carboxylic acids is 1. The van der Waals surface area contributed by atoms with Crippen molar-refractivity contribution in [2.45, 2.75) is 38.3 Å². The van der Waals surface area contributed by atoms with Crippen LogP contribution in [0.4, 0.5) is 0 Å². The lowest BCUT2D eigenvalue weighted by Crippen LogP contribution is -2.59. The Morgan fingerprint density at radius 1 is 1.41 bits per heavy atom. The van der Waals surface area contributed by atoms with Crippen LogP contribution in [0.3, 0.4) is 0 Å². The number of hydrogen-bond donors (Lipinski definition) is 2. The van der Waals surface area contributed by atoms with Crippen molar-refractivity contribution in [1.82, 2.24) is 9.80 Å². The largest absolute Gasteiger partial charge is 0.368 e. The molecule has 0 bridgehead atoms. The molecule has 0 radical (unpaired) electrons. The van der Waals surface area contributed by atoms with E-state index in [-0.39, 0.29) is 5.54 Å². The molecule has 4 N–H and O–H groups in total. The fourth-order valence-electron chi connectivity index (χ4n) is 2.05. The lowest BCUT2D eigenvalue weighted by atomic mass is 9.96. The van der Waals surface area contributed by atoms with Crippen LogP contribution < -0.4 is 11.5 Å². The summed E-state index contributed by atoms with van der Waals surface area (Å²) >= 11 is 0. The van der Waals surface area contributed by atoms with Gasteiger partial charge in [0.15, 0.2) is 0 Å². The Balaban J connectivity index is 2.47. The number of rotatable bonds is 4. The normalized spacial score (nSPS) is 25.5. The number of nitrogens with two attached hydrogens (primary N) is 2. The molecule has 1 unspecified atom stereocenters. The van der Waals surface area contributed by atoms with E-state index in [9.17, 15) is 4.79 Å². The maximum absolute atomic E-state index is 11.1. The Morgan fingerprint density at radius 3 is 2.47 bits per heavy atom. The Morgan fingerprint density at radius 2 is 2.00 bits per heavy atom. The van der Waals surface area contributed by atoms with E-state index in [0.717, 1.165) is 26.2 Å². The summed E-state index contributed by atoms with van der Waals surface area (Å²) in [6.45, 7) is 10.1. The second kappa shape index (κ2) is 4.92.